The lowest BCUT2D eigenvalue weighted by Gasteiger charge is -2.21. The second kappa shape index (κ2) is 23.6. The maximum atomic E-state index is 15.8. The molecule has 17 rings (SSSR count). The molecular weight excluding hydrogens is 1200 g/mol. The fourth-order valence-electron chi connectivity index (χ4n) is 12.8. The molecule has 11 nitrogen and oxygen atoms in total. The highest BCUT2D eigenvalue weighted by Crippen LogP contribution is 2.46. The molecule has 0 atom stereocenters. The van der Waals surface area contributed by atoms with Gasteiger partial charge in [0.15, 0.2) is 52.4 Å². The molecule has 454 valence electrons. The first kappa shape index (κ1) is 57.0. The van der Waals surface area contributed by atoms with Crippen LogP contribution in [0, 0.1) is 0 Å². The maximum absolute atomic E-state index is 15.8. The summed E-state index contributed by atoms with van der Waals surface area (Å²) in [6.07, 6.45) is -4.75. The van der Waals surface area contributed by atoms with E-state index in [2.05, 4.69) is 27.3 Å². The monoisotopic (exact) mass is 1250 g/mol. The van der Waals surface area contributed by atoms with Crippen LogP contribution in [0.1, 0.15) is 5.56 Å². The van der Waals surface area contributed by atoms with Crippen LogP contribution in [0.15, 0.2) is 303 Å². The molecule has 96 heavy (non-hydrogen) atoms. The lowest BCUT2D eigenvalue weighted by molar-refractivity contribution is -0.137. The van der Waals surface area contributed by atoms with Gasteiger partial charge in [0, 0.05) is 82.7 Å². The Morgan fingerprint density at radius 3 is 0.781 bits per heavy atom. The number of hydrogen-bond acceptors (Lipinski definition) is 9. The lowest BCUT2D eigenvalue weighted by Crippen LogP contribution is -2.08. The van der Waals surface area contributed by atoms with Gasteiger partial charge in [0.05, 0.1) is 39.0 Å². The molecule has 0 spiro atoms. The minimum atomic E-state index is -4.75. The van der Waals surface area contributed by atoms with Gasteiger partial charge in [0.1, 0.15) is 0 Å². The Labute approximate surface area is 548 Å². The second-order valence-corrected chi connectivity index (χ2v) is 23.2. The van der Waals surface area contributed by atoms with Crippen molar-refractivity contribution in [1.29, 1.82) is 0 Å². The van der Waals surface area contributed by atoms with Crippen molar-refractivity contribution in [2.24, 2.45) is 0 Å². The Morgan fingerprint density at radius 2 is 0.458 bits per heavy atom. The van der Waals surface area contributed by atoms with Crippen molar-refractivity contribution < 1.29 is 13.2 Å². The third-order valence-corrected chi connectivity index (χ3v) is 17.3. The molecule has 0 aliphatic heterocycles. The highest BCUT2D eigenvalue weighted by atomic mass is 19.4. The van der Waals surface area contributed by atoms with E-state index in [1.807, 2.05) is 267 Å². The summed E-state index contributed by atoms with van der Waals surface area (Å²) in [6, 6.07) is 96.7. The van der Waals surface area contributed by atoms with E-state index in [0.717, 1.165) is 94.2 Å². The van der Waals surface area contributed by atoms with Gasteiger partial charge in [0.2, 0.25) is 0 Å². The van der Waals surface area contributed by atoms with Crippen molar-refractivity contribution in [2.45, 2.75) is 6.18 Å². The van der Waals surface area contributed by atoms with Gasteiger partial charge >= 0.3 is 6.18 Å². The molecule has 0 saturated carbocycles. The molecule has 0 radical (unpaired) electrons. The van der Waals surface area contributed by atoms with Gasteiger partial charge in [0.25, 0.3) is 0 Å². The molecule has 0 bridgehead atoms. The maximum Gasteiger partial charge on any atom is 0.416 e. The molecular formula is C82H50F3N11. The van der Waals surface area contributed by atoms with Crippen LogP contribution in [0.3, 0.4) is 0 Å². The molecule has 12 aromatic carbocycles. The van der Waals surface area contributed by atoms with E-state index in [0.29, 0.717) is 80.5 Å². The zero-order valence-corrected chi connectivity index (χ0v) is 50.9. The topological polar surface area (TPSA) is 126 Å². The van der Waals surface area contributed by atoms with Crippen LogP contribution >= 0.6 is 0 Å². The standard InChI is InChI=1S/C82H50F3N11/c83-82(84,85)60-42-46-72(96-68-38-22-20-36-62(68)64-48-58(40-44-70(64)96)80-91-75(53-27-11-3-12-28-53)87-76(92-80)54-29-13-4-14-30-54)66(50-60)65-49-59(81-93-77(55-31-15-5-16-32-55)88-78(94-81)56-33-17-6-18-34-56)41-45-71(65)95-67-37-21-19-35-61(67)63-47-57(39-43-69(63)95)79-89-73(51-23-7-1-8-24-51)86-74(90-79)52-25-9-2-10-26-52/h1-50H. The minimum Gasteiger partial charge on any atom is -0.309 e. The summed E-state index contributed by atoms with van der Waals surface area (Å²) in [5.41, 5.74) is 11.0. The lowest BCUT2D eigenvalue weighted by atomic mass is 9.96. The summed E-state index contributed by atoms with van der Waals surface area (Å²) in [4.78, 5) is 45.6. The third-order valence-electron chi connectivity index (χ3n) is 17.3. The number of fused-ring (bicyclic) bond motifs is 6. The number of halogens is 3. The summed E-state index contributed by atoms with van der Waals surface area (Å²) in [6.45, 7) is 0. The van der Waals surface area contributed by atoms with E-state index in [4.69, 9.17) is 44.9 Å². The van der Waals surface area contributed by atoms with Crippen molar-refractivity contribution in [2.75, 3.05) is 0 Å². The zero-order chi connectivity index (χ0) is 64.3. The number of hydrogen-bond donors (Lipinski definition) is 0. The van der Waals surface area contributed by atoms with E-state index in [-0.39, 0.29) is 0 Å². The van der Waals surface area contributed by atoms with Crippen molar-refractivity contribution >= 4 is 43.6 Å². The second-order valence-electron chi connectivity index (χ2n) is 23.2. The van der Waals surface area contributed by atoms with Gasteiger partial charge in [-0.2, -0.15) is 13.2 Å². The highest BCUT2D eigenvalue weighted by molar-refractivity contribution is 6.13. The molecule has 14 heteroatoms. The van der Waals surface area contributed by atoms with Gasteiger partial charge in [-0.25, -0.2) is 44.9 Å². The van der Waals surface area contributed by atoms with Crippen molar-refractivity contribution in [3.63, 3.8) is 0 Å². The normalized spacial score (nSPS) is 11.7. The van der Waals surface area contributed by atoms with Gasteiger partial charge < -0.3 is 9.13 Å². The van der Waals surface area contributed by atoms with Crippen LogP contribution in [-0.2, 0) is 6.18 Å². The minimum absolute atomic E-state index is 0.293. The first-order chi connectivity index (χ1) is 47.2. The zero-order valence-electron chi connectivity index (χ0n) is 50.9. The van der Waals surface area contributed by atoms with Crippen molar-refractivity contribution in [3.05, 3.63) is 309 Å². The Morgan fingerprint density at radius 1 is 0.208 bits per heavy atom. The quantitative estimate of drug-likeness (QED) is 0.118. The Hall–Kier alpha value is -12.9. The Kier molecular flexibility index (Phi) is 14.0. The predicted molar refractivity (Wildman–Crippen MR) is 375 cm³/mol. The molecule has 5 heterocycles. The Balaban J connectivity index is 0.912. The van der Waals surface area contributed by atoms with Crippen LogP contribution in [-0.4, -0.2) is 54.0 Å². The average molecular weight is 1250 g/mol. The molecule has 0 N–H and O–H groups in total. The number of rotatable bonds is 12. The third kappa shape index (κ3) is 10.4. The predicted octanol–water partition coefficient (Wildman–Crippen LogP) is 20.1. The van der Waals surface area contributed by atoms with Crippen LogP contribution in [0.25, 0.3) is 169 Å². The molecule has 5 aromatic heterocycles. The molecule has 0 saturated heterocycles. The molecule has 0 unspecified atom stereocenters. The van der Waals surface area contributed by atoms with Gasteiger partial charge in [-0.05, 0) is 84.9 Å². The molecule has 17 aromatic rings. The van der Waals surface area contributed by atoms with Crippen molar-refractivity contribution in [3.8, 4) is 125 Å². The van der Waals surface area contributed by atoms with Crippen molar-refractivity contribution in [1.82, 2.24) is 54.0 Å². The summed E-state index contributed by atoms with van der Waals surface area (Å²) >= 11 is 0. The number of alkyl halides is 3. The first-order valence-corrected chi connectivity index (χ1v) is 31.3. The fraction of sp³-hybridized carbons (Fsp3) is 0.0122. The smallest absolute Gasteiger partial charge is 0.309 e. The number of para-hydroxylation sites is 2. The van der Waals surface area contributed by atoms with Gasteiger partial charge in [-0.15, -0.1) is 0 Å². The largest absolute Gasteiger partial charge is 0.416 e. The summed E-state index contributed by atoms with van der Waals surface area (Å²) < 4.78 is 51.7. The number of aromatic nitrogens is 11. The number of benzene rings is 12. The fourth-order valence-corrected chi connectivity index (χ4v) is 12.8. The van der Waals surface area contributed by atoms with E-state index < -0.39 is 11.7 Å². The SMILES string of the molecule is FC(F)(F)c1ccc(-n2c3ccccc3c3cc(-c4nc(-c5ccccc5)nc(-c5ccccc5)n4)ccc32)c(-c2cc(-c3nc(-c4ccccc4)nc(-c4ccccc4)n3)ccc2-n2c3ccccc3c3cc(-c4nc(-c5ccccc5)nc(-c5ccccc5)n4)ccc32)c1. The van der Waals surface area contributed by atoms with E-state index >= 15 is 13.2 Å². The first-order valence-electron chi connectivity index (χ1n) is 31.3. The van der Waals surface area contributed by atoms with Crippen LogP contribution in [0.2, 0.25) is 0 Å². The highest BCUT2D eigenvalue weighted by Gasteiger charge is 2.33. The molecule has 0 aliphatic rings. The summed E-state index contributed by atoms with van der Waals surface area (Å²) in [5.74, 6) is 4.20. The summed E-state index contributed by atoms with van der Waals surface area (Å²) in [7, 11) is 0. The molecule has 0 fully saturated rings. The number of nitrogens with zero attached hydrogens (tertiary/aromatic N) is 11. The van der Waals surface area contributed by atoms with E-state index in [9.17, 15) is 0 Å². The van der Waals surface area contributed by atoms with Crippen LogP contribution in [0.5, 0.6) is 0 Å². The van der Waals surface area contributed by atoms with Crippen LogP contribution in [0.4, 0.5) is 13.2 Å². The van der Waals surface area contributed by atoms with E-state index in [1.54, 1.807) is 6.07 Å². The van der Waals surface area contributed by atoms with Gasteiger partial charge in [-0.3, -0.25) is 0 Å². The molecule has 0 aliphatic carbocycles. The van der Waals surface area contributed by atoms with Gasteiger partial charge in [-0.1, -0.05) is 218 Å². The summed E-state index contributed by atoms with van der Waals surface area (Å²) in [5, 5.41) is 3.46. The van der Waals surface area contributed by atoms with E-state index in [1.165, 1.54) is 6.07 Å². The average Bonchev–Trinajstić information content (AvgIpc) is 1.51. The Bertz CT molecular complexity index is 5640. The van der Waals surface area contributed by atoms with Crippen LogP contribution < -0.4 is 0 Å². The molecule has 0 amide bonds.